The number of amides is 2. The predicted octanol–water partition coefficient (Wildman–Crippen LogP) is 3.62. The average Bonchev–Trinajstić information content (AvgIpc) is 2.82. The number of halogens is 4. The molecule has 8 nitrogen and oxygen atoms in total. The minimum atomic E-state index is -1.30. The van der Waals surface area contributed by atoms with Crippen molar-refractivity contribution in [3.63, 3.8) is 0 Å². The molecule has 0 bridgehead atoms. The summed E-state index contributed by atoms with van der Waals surface area (Å²) in [5.74, 6) is -3.49. The van der Waals surface area contributed by atoms with E-state index in [2.05, 4.69) is 10.6 Å². The molecule has 4 rings (SSSR count). The number of likely N-dealkylation sites (tertiary alicyclic amines) is 2. The molecular formula is C24H26F3IN4O4. The third-order valence-corrected chi connectivity index (χ3v) is 7.22. The lowest BCUT2D eigenvalue weighted by Gasteiger charge is -2.47. The Hall–Kier alpha value is -2.58. The molecule has 0 atom stereocenters. The summed E-state index contributed by atoms with van der Waals surface area (Å²) in [7, 11) is 0. The van der Waals surface area contributed by atoms with Crippen LogP contribution in [0.1, 0.15) is 23.2 Å². The topological polar surface area (TPSA) is 105 Å². The van der Waals surface area contributed by atoms with Crippen molar-refractivity contribution in [1.82, 2.24) is 15.1 Å². The van der Waals surface area contributed by atoms with Crippen LogP contribution in [0.15, 0.2) is 30.3 Å². The van der Waals surface area contributed by atoms with Crippen LogP contribution in [0, 0.1) is 26.9 Å². The van der Waals surface area contributed by atoms with Gasteiger partial charge in [-0.25, -0.2) is 18.0 Å². The van der Waals surface area contributed by atoms with Crippen LogP contribution in [0.25, 0.3) is 0 Å². The van der Waals surface area contributed by atoms with Gasteiger partial charge in [-0.2, -0.15) is 0 Å². The number of β-amino-alcohol motifs (C(OH)–C–C–N with tert-alkyl or cyclic N) is 1. The quantitative estimate of drug-likeness (QED) is 0.354. The van der Waals surface area contributed by atoms with E-state index in [0.29, 0.717) is 29.1 Å². The first-order valence-corrected chi connectivity index (χ1v) is 12.5. The minimum Gasteiger partial charge on any atom is -0.465 e. The molecule has 2 aromatic carbocycles. The predicted molar refractivity (Wildman–Crippen MR) is 135 cm³/mol. The van der Waals surface area contributed by atoms with Gasteiger partial charge in [-0.15, -0.1) is 0 Å². The molecule has 2 aromatic rings. The first-order chi connectivity index (χ1) is 17.1. The fourth-order valence-corrected chi connectivity index (χ4v) is 4.96. The first kappa shape index (κ1) is 26.5. The summed E-state index contributed by atoms with van der Waals surface area (Å²) in [6, 6.07) is 6.14. The number of nitrogens with zero attached hydrogens (tertiary/aromatic N) is 2. The Morgan fingerprint density at radius 1 is 1.06 bits per heavy atom. The van der Waals surface area contributed by atoms with Gasteiger partial charge in [0, 0.05) is 23.2 Å². The van der Waals surface area contributed by atoms with Gasteiger partial charge in [-0.05, 0) is 78.2 Å². The van der Waals surface area contributed by atoms with E-state index >= 15 is 0 Å². The second kappa shape index (κ2) is 10.8. The number of piperidine rings is 1. The molecular weight excluding hydrogens is 592 g/mol. The smallest absolute Gasteiger partial charge is 0.407 e. The normalized spacial score (nSPS) is 17.6. The number of benzene rings is 2. The Bertz CT molecular complexity index is 1150. The third-order valence-electron chi connectivity index (χ3n) is 6.55. The van der Waals surface area contributed by atoms with Crippen molar-refractivity contribution in [2.75, 3.05) is 44.6 Å². The fourth-order valence-electron chi connectivity index (χ4n) is 4.50. The Kier molecular flexibility index (Phi) is 7.95. The summed E-state index contributed by atoms with van der Waals surface area (Å²) >= 11 is 1.92. The zero-order chi connectivity index (χ0) is 26.0. The van der Waals surface area contributed by atoms with E-state index in [1.807, 2.05) is 22.6 Å². The summed E-state index contributed by atoms with van der Waals surface area (Å²) in [5, 5.41) is 25.5. The molecule has 4 N–H and O–H groups in total. The number of hydrogen-bond acceptors (Lipinski definition) is 5. The number of carboxylic acid groups (broad SMARTS) is 1. The molecule has 2 fully saturated rings. The molecule has 0 saturated carbocycles. The molecule has 12 heteroatoms. The lowest BCUT2D eigenvalue weighted by molar-refractivity contribution is -0.0789. The van der Waals surface area contributed by atoms with Crippen LogP contribution in [0.5, 0.6) is 0 Å². The van der Waals surface area contributed by atoms with E-state index < -0.39 is 40.7 Å². The molecule has 0 radical (unpaired) electrons. The number of nitrogens with one attached hydrogen (secondary N) is 2. The highest BCUT2D eigenvalue weighted by Gasteiger charge is 2.44. The molecule has 36 heavy (non-hydrogen) atoms. The number of aliphatic hydroxyl groups is 1. The second-order valence-corrected chi connectivity index (χ2v) is 10.5. The highest BCUT2D eigenvalue weighted by Crippen LogP contribution is 2.31. The monoisotopic (exact) mass is 618 g/mol. The highest BCUT2D eigenvalue weighted by molar-refractivity contribution is 14.1. The van der Waals surface area contributed by atoms with Crippen LogP contribution in [0.2, 0.25) is 0 Å². The summed E-state index contributed by atoms with van der Waals surface area (Å²) in [4.78, 5) is 26.8. The Morgan fingerprint density at radius 2 is 1.75 bits per heavy atom. The lowest BCUT2D eigenvalue weighted by atomic mass is 9.91. The molecule has 194 valence electrons. The zero-order valence-electron chi connectivity index (χ0n) is 19.2. The summed E-state index contributed by atoms with van der Waals surface area (Å²) < 4.78 is 43.5. The van der Waals surface area contributed by atoms with Gasteiger partial charge in [0.05, 0.1) is 30.0 Å². The number of carbonyl (C=O) groups is 2. The van der Waals surface area contributed by atoms with Gasteiger partial charge in [0.25, 0.3) is 5.91 Å². The van der Waals surface area contributed by atoms with E-state index in [9.17, 15) is 27.9 Å². The van der Waals surface area contributed by atoms with Gasteiger partial charge in [0.15, 0.2) is 11.6 Å². The first-order valence-electron chi connectivity index (χ1n) is 11.5. The van der Waals surface area contributed by atoms with Crippen LogP contribution in [0.3, 0.4) is 0 Å². The summed E-state index contributed by atoms with van der Waals surface area (Å²) in [5.41, 5.74) is -1.92. The number of carbonyl (C=O) groups excluding carboxylic acids is 1. The van der Waals surface area contributed by atoms with Crippen molar-refractivity contribution in [2.24, 2.45) is 5.92 Å². The molecule has 0 unspecified atom stereocenters. The molecule has 0 aromatic heterocycles. The van der Waals surface area contributed by atoms with E-state index in [-0.39, 0.29) is 30.9 Å². The van der Waals surface area contributed by atoms with Crippen molar-refractivity contribution in [2.45, 2.75) is 18.4 Å². The van der Waals surface area contributed by atoms with E-state index in [4.69, 9.17) is 5.11 Å². The molecule has 2 heterocycles. The SMILES string of the molecule is O=C(O)N1CCC(CNCC2(O)CN(C(=O)c3ccc(F)c(F)c3Nc3ccc(I)cc3F)C2)CC1. The average molecular weight is 618 g/mol. The van der Waals surface area contributed by atoms with Gasteiger partial charge in [-0.1, -0.05) is 0 Å². The van der Waals surface area contributed by atoms with Crippen molar-refractivity contribution in [3.8, 4) is 0 Å². The van der Waals surface area contributed by atoms with Gasteiger partial charge < -0.3 is 30.6 Å². The largest absolute Gasteiger partial charge is 0.465 e. The van der Waals surface area contributed by atoms with Gasteiger partial charge in [0.1, 0.15) is 11.4 Å². The van der Waals surface area contributed by atoms with Crippen LogP contribution in [0.4, 0.5) is 29.3 Å². The van der Waals surface area contributed by atoms with Crippen LogP contribution in [-0.4, -0.2) is 76.9 Å². The number of rotatable bonds is 7. The minimum absolute atomic E-state index is 0.00732. The second-order valence-electron chi connectivity index (χ2n) is 9.26. The van der Waals surface area contributed by atoms with Crippen molar-refractivity contribution in [3.05, 3.63) is 56.9 Å². The zero-order valence-corrected chi connectivity index (χ0v) is 21.4. The van der Waals surface area contributed by atoms with Crippen LogP contribution >= 0.6 is 22.6 Å². The van der Waals surface area contributed by atoms with Crippen molar-refractivity contribution in [1.29, 1.82) is 0 Å². The molecule has 0 aliphatic carbocycles. The van der Waals surface area contributed by atoms with Crippen molar-refractivity contribution >= 4 is 46.0 Å². The van der Waals surface area contributed by atoms with Crippen LogP contribution < -0.4 is 10.6 Å². The Morgan fingerprint density at radius 3 is 2.39 bits per heavy atom. The molecule has 2 saturated heterocycles. The third kappa shape index (κ3) is 5.86. The molecule has 2 amide bonds. The van der Waals surface area contributed by atoms with Gasteiger partial charge >= 0.3 is 6.09 Å². The maximum absolute atomic E-state index is 14.6. The Balaban J connectivity index is 1.35. The van der Waals surface area contributed by atoms with Gasteiger partial charge in [-0.3, -0.25) is 4.79 Å². The summed E-state index contributed by atoms with van der Waals surface area (Å²) in [6.45, 7) is 1.78. The highest BCUT2D eigenvalue weighted by atomic mass is 127. The fraction of sp³-hybridized carbons (Fsp3) is 0.417. The van der Waals surface area contributed by atoms with E-state index in [0.717, 1.165) is 25.0 Å². The maximum Gasteiger partial charge on any atom is 0.407 e. The molecule has 0 spiro atoms. The standard InChI is InChI=1S/C24H26F3IN4O4/c25-17-3-2-16(21(20(17)27)30-19-4-1-15(28)9-18(19)26)22(33)32-12-24(36,13-32)11-29-10-14-5-7-31(8-6-14)23(34)35/h1-4,9,14,29-30,36H,5-8,10-13H2,(H,34,35). The Labute approximate surface area is 219 Å². The van der Waals surface area contributed by atoms with Crippen LogP contribution in [-0.2, 0) is 0 Å². The van der Waals surface area contributed by atoms with E-state index in [1.54, 1.807) is 6.07 Å². The maximum atomic E-state index is 14.6. The number of anilines is 2. The van der Waals surface area contributed by atoms with Crippen molar-refractivity contribution < 1.29 is 33.0 Å². The lowest BCUT2D eigenvalue weighted by Crippen LogP contribution is -2.67. The molecule has 2 aliphatic heterocycles. The van der Waals surface area contributed by atoms with E-state index in [1.165, 1.54) is 21.9 Å². The number of hydrogen-bond donors (Lipinski definition) is 4. The summed E-state index contributed by atoms with van der Waals surface area (Å²) in [6.07, 6.45) is 0.545. The van der Waals surface area contributed by atoms with Gasteiger partial charge in [0.2, 0.25) is 0 Å². The molecule has 2 aliphatic rings.